The molecule has 0 saturated carbocycles. The van der Waals surface area contributed by atoms with E-state index in [1.54, 1.807) is 0 Å². The first-order valence-electron chi connectivity index (χ1n) is 4.88. The van der Waals surface area contributed by atoms with Crippen molar-refractivity contribution < 1.29 is 0 Å². The van der Waals surface area contributed by atoms with Crippen LogP contribution < -0.4 is 0 Å². The van der Waals surface area contributed by atoms with Crippen molar-refractivity contribution in [3.8, 4) is 0 Å². The summed E-state index contributed by atoms with van der Waals surface area (Å²) in [5.74, 6) is 0.672. The number of benzene rings is 1. The first-order valence-corrected chi connectivity index (χ1v) is 5.42. The summed E-state index contributed by atoms with van der Waals surface area (Å²) in [5, 5.41) is 0. The van der Waals surface area contributed by atoms with Crippen molar-refractivity contribution in [1.29, 1.82) is 0 Å². The topological polar surface area (TPSA) is 3.24 Å². The van der Waals surface area contributed by atoms with Crippen LogP contribution in [-0.4, -0.2) is 23.9 Å². The molecule has 0 aliphatic carbocycles. The summed E-state index contributed by atoms with van der Waals surface area (Å²) in [5.41, 5.74) is 2.72. The normalized spacial score (nSPS) is 17.1. The van der Waals surface area contributed by atoms with Gasteiger partial charge in [-0.1, -0.05) is 36.4 Å². The molecule has 1 aromatic rings. The van der Waals surface area contributed by atoms with Gasteiger partial charge in [0, 0.05) is 25.5 Å². The second-order valence-electron chi connectivity index (χ2n) is 3.65. The third-order valence-corrected chi connectivity index (χ3v) is 2.83. The molecule has 0 fully saturated rings. The molecular weight excluding hydrogens is 194 g/mol. The van der Waals surface area contributed by atoms with E-state index >= 15 is 0 Å². The van der Waals surface area contributed by atoms with E-state index in [1.165, 1.54) is 11.1 Å². The Morgan fingerprint density at radius 3 is 2.64 bits per heavy atom. The van der Waals surface area contributed by atoms with Crippen molar-refractivity contribution in [3.05, 3.63) is 47.5 Å². The van der Waals surface area contributed by atoms with E-state index in [0.29, 0.717) is 5.88 Å². The molecule has 1 aliphatic heterocycles. The predicted molar refractivity (Wildman–Crippen MR) is 60.5 cm³/mol. The fourth-order valence-electron chi connectivity index (χ4n) is 1.73. The second kappa shape index (κ2) is 4.63. The van der Waals surface area contributed by atoms with Crippen LogP contribution in [0.4, 0.5) is 0 Å². The minimum absolute atomic E-state index is 0.672. The molecule has 1 aliphatic rings. The van der Waals surface area contributed by atoms with Crippen molar-refractivity contribution in [1.82, 2.24) is 4.90 Å². The van der Waals surface area contributed by atoms with Gasteiger partial charge in [-0.25, -0.2) is 0 Å². The Balaban J connectivity index is 1.90. The highest BCUT2D eigenvalue weighted by molar-refractivity contribution is 6.19. The molecule has 0 N–H and O–H groups in total. The zero-order valence-corrected chi connectivity index (χ0v) is 8.87. The first-order chi connectivity index (χ1) is 6.88. The van der Waals surface area contributed by atoms with E-state index in [4.69, 9.17) is 11.6 Å². The summed E-state index contributed by atoms with van der Waals surface area (Å²) in [4.78, 5) is 2.40. The third kappa shape index (κ3) is 2.37. The SMILES string of the molecule is ClCC1=CCN(Cc2ccccc2)C1. The minimum atomic E-state index is 0.672. The van der Waals surface area contributed by atoms with Gasteiger partial charge in [0.1, 0.15) is 0 Å². The fraction of sp³-hybridized carbons (Fsp3) is 0.333. The van der Waals surface area contributed by atoms with Crippen molar-refractivity contribution in [2.45, 2.75) is 6.54 Å². The quantitative estimate of drug-likeness (QED) is 0.544. The lowest BCUT2D eigenvalue weighted by Gasteiger charge is -2.15. The van der Waals surface area contributed by atoms with E-state index in [9.17, 15) is 0 Å². The lowest BCUT2D eigenvalue weighted by atomic mass is 10.2. The molecule has 14 heavy (non-hydrogen) atoms. The molecule has 2 rings (SSSR count). The van der Waals surface area contributed by atoms with Gasteiger partial charge in [0.2, 0.25) is 0 Å². The molecule has 0 amide bonds. The highest BCUT2D eigenvalue weighted by atomic mass is 35.5. The molecule has 0 unspecified atom stereocenters. The molecule has 0 saturated heterocycles. The summed E-state index contributed by atoms with van der Waals surface area (Å²) in [7, 11) is 0. The molecule has 2 heteroatoms. The molecular formula is C12H14ClN. The highest BCUT2D eigenvalue weighted by Crippen LogP contribution is 2.13. The van der Waals surface area contributed by atoms with Crippen LogP contribution in [0.15, 0.2) is 42.0 Å². The van der Waals surface area contributed by atoms with Gasteiger partial charge in [0.25, 0.3) is 0 Å². The molecule has 0 aromatic heterocycles. The summed E-state index contributed by atoms with van der Waals surface area (Å²) in [6.07, 6.45) is 2.23. The maximum absolute atomic E-state index is 5.78. The van der Waals surface area contributed by atoms with Gasteiger partial charge in [0.15, 0.2) is 0 Å². The average Bonchev–Trinajstić information content (AvgIpc) is 2.67. The Morgan fingerprint density at radius 1 is 1.21 bits per heavy atom. The van der Waals surface area contributed by atoms with E-state index in [2.05, 4.69) is 41.3 Å². The van der Waals surface area contributed by atoms with E-state index in [-0.39, 0.29) is 0 Å². The van der Waals surface area contributed by atoms with Crippen LogP contribution >= 0.6 is 11.6 Å². The summed E-state index contributed by atoms with van der Waals surface area (Å²) in [6.45, 7) is 3.09. The number of rotatable bonds is 3. The highest BCUT2D eigenvalue weighted by Gasteiger charge is 2.12. The molecule has 1 nitrogen and oxygen atoms in total. The van der Waals surface area contributed by atoms with Crippen LogP contribution in [0, 0.1) is 0 Å². The monoisotopic (exact) mass is 207 g/mol. The van der Waals surface area contributed by atoms with E-state index < -0.39 is 0 Å². The van der Waals surface area contributed by atoms with Gasteiger partial charge in [0.05, 0.1) is 0 Å². The Labute approximate surface area is 90.0 Å². The smallest absolute Gasteiger partial charge is 0.0446 e. The number of alkyl halides is 1. The van der Waals surface area contributed by atoms with Crippen LogP contribution in [0.5, 0.6) is 0 Å². The van der Waals surface area contributed by atoms with Crippen molar-refractivity contribution in [3.63, 3.8) is 0 Å². The summed E-state index contributed by atoms with van der Waals surface area (Å²) >= 11 is 5.78. The Kier molecular flexibility index (Phi) is 3.22. The standard InChI is InChI=1S/C12H14ClN/c13-8-12-6-7-14(10-12)9-11-4-2-1-3-5-11/h1-6H,7-10H2. The predicted octanol–water partition coefficient (Wildman–Crippen LogP) is 2.67. The summed E-state index contributed by atoms with van der Waals surface area (Å²) < 4.78 is 0. The number of nitrogens with zero attached hydrogens (tertiary/aromatic N) is 1. The van der Waals surface area contributed by atoms with Gasteiger partial charge in [-0.15, -0.1) is 11.6 Å². The molecule has 74 valence electrons. The Hall–Kier alpha value is -0.790. The molecule has 1 heterocycles. The van der Waals surface area contributed by atoms with Crippen molar-refractivity contribution >= 4 is 11.6 Å². The lowest BCUT2D eigenvalue weighted by molar-refractivity contribution is 0.341. The maximum Gasteiger partial charge on any atom is 0.0446 e. The maximum atomic E-state index is 5.78. The Bertz CT molecular complexity index is 318. The van der Waals surface area contributed by atoms with Crippen molar-refractivity contribution in [2.24, 2.45) is 0 Å². The fourth-order valence-corrected chi connectivity index (χ4v) is 1.93. The van der Waals surface area contributed by atoms with Crippen LogP contribution in [0.3, 0.4) is 0 Å². The van der Waals surface area contributed by atoms with Crippen LogP contribution in [0.25, 0.3) is 0 Å². The molecule has 0 spiro atoms. The second-order valence-corrected chi connectivity index (χ2v) is 3.92. The van der Waals surface area contributed by atoms with Gasteiger partial charge in [-0.05, 0) is 11.1 Å². The number of hydrogen-bond acceptors (Lipinski definition) is 1. The van der Waals surface area contributed by atoms with Crippen LogP contribution in [0.1, 0.15) is 5.56 Å². The van der Waals surface area contributed by atoms with Gasteiger partial charge in [-0.2, -0.15) is 0 Å². The van der Waals surface area contributed by atoms with Gasteiger partial charge in [-0.3, -0.25) is 4.90 Å². The molecule has 0 radical (unpaired) electrons. The van der Waals surface area contributed by atoms with Gasteiger partial charge < -0.3 is 0 Å². The Morgan fingerprint density at radius 2 is 2.00 bits per heavy atom. The lowest BCUT2D eigenvalue weighted by Crippen LogP contribution is -2.20. The number of halogens is 1. The minimum Gasteiger partial charge on any atom is -0.291 e. The van der Waals surface area contributed by atoms with Crippen LogP contribution in [-0.2, 0) is 6.54 Å². The first kappa shape index (κ1) is 9.75. The average molecular weight is 208 g/mol. The molecule has 1 aromatic carbocycles. The van der Waals surface area contributed by atoms with Crippen LogP contribution in [0.2, 0.25) is 0 Å². The van der Waals surface area contributed by atoms with Crippen molar-refractivity contribution in [2.75, 3.05) is 19.0 Å². The van der Waals surface area contributed by atoms with E-state index in [1.807, 2.05) is 0 Å². The molecule has 0 bridgehead atoms. The largest absolute Gasteiger partial charge is 0.291 e. The zero-order chi connectivity index (χ0) is 9.80. The molecule has 0 atom stereocenters. The van der Waals surface area contributed by atoms with E-state index in [0.717, 1.165) is 19.6 Å². The third-order valence-electron chi connectivity index (χ3n) is 2.49. The van der Waals surface area contributed by atoms with Gasteiger partial charge >= 0.3 is 0 Å². The zero-order valence-electron chi connectivity index (χ0n) is 8.12. The number of hydrogen-bond donors (Lipinski definition) is 0. The summed E-state index contributed by atoms with van der Waals surface area (Å²) in [6, 6.07) is 10.6.